The molecule has 0 spiro atoms. The summed E-state index contributed by atoms with van der Waals surface area (Å²) in [6.07, 6.45) is 2.03. The lowest BCUT2D eigenvalue weighted by Gasteiger charge is -2.23. The fourth-order valence-electron chi connectivity index (χ4n) is 3.29. The van der Waals surface area contributed by atoms with E-state index < -0.39 is 22.8 Å². The molecule has 0 N–H and O–H groups in total. The van der Waals surface area contributed by atoms with Gasteiger partial charge in [0.15, 0.2) is 11.9 Å². The Labute approximate surface area is 191 Å². The Morgan fingerprint density at radius 2 is 1.88 bits per heavy atom. The highest BCUT2D eigenvalue weighted by atomic mass is 16.6. The standard InChI is InChI=1S/C25H24N2O6/c1-18(28)22(15-20-10-6-11-21(14-20)27(30)31)25(29)33-24(23-12-7-13-32-23)17-26(2)16-19-8-4-3-5-9-19/h3-15,24H,16-17H2,1-2H3/b22-15+. The number of hydrogen-bond acceptors (Lipinski definition) is 7. The summed E-state index contributed by atoms with van der Waals surface area (Å²) in [6, 6.07) is 18.9. The van der Waals surface area contributed by atoms with E-state index in [2.05, 4.69) is 0 Å². The number of carbonyl (C=O) groups is 2. The number of non-ortho nitro benzene ring substituents is 1. The maximum Gasteiger partial charge on any atom is 0.342 e. The average molecular weight is 448 g/mol. The first kappa shape index (κ1) is 23.6. The average Bonchev–Trinajstić information content (AvgIpc) is 3.32. The van der Waals surface area contributed by atoms with Gasteiger partial charge >= 0.3 is 5.97 Å². The minimum absolute atomic E-state index is 0.143. The van der Waals surface area contributed by atoms with E-state index in [1.807, 2.05) is 42.3 Å². The van der Waals surface area contributed by atoms with Crippen LogP contribution in [0.4, 0.5) is 5.69 Å². The van der Waals surface area contributed by atoms with Crippen LogP contribution in [0.5, 0.6) is 0 Å². The molecule has 1 aromatic heterocycles. The van der Waals surface area contributed by atoms with Crippen LogP contribution < -0.4 is 0 Å². The number of nitro benzene ring substituents is 1. The minimum Gasteiger partial charge on any atom is -0.465 e. The molecule has 0 bridgehead atoms. The van der Waals surface area contributed by atoms with Gasteiger partial charge in [-0.1, -0.05) is 42.5 Å². The summed E-state index contributed by atoms with van der Waals surface area (Å²) in [5, 5.41) is 11.0. The van der Waals surface area contributed by atoms with Crippen LogP contribution in [-0.2, 0) is 20.9 Å². The normalized spacial score (nSPS) is 12.4. The highest BCUT2D eigenvalue weighted by molar-refractivity contribution is 6.19. The molecule has 1 atom stereocenters. The molecule has 1 heterocycles. The number of hydrogen-bond donors (Lipinski definition) is 0. The van der Waals surface area contributed by atoms with Crippen LogP contribution in [0.25, 0.3) is 6.08 Å². The topological polar surface area (TPSA) is 103 Å². The van der Waals surface area contributed by atoms with Gasteiger partial charge in [0.05, 0.1) is 11.2 Å². The van der Waals surface area contributed by atoms with Gasteiger partial charge in [-0.3, -0.25) is 19.8 Å². The van der Waals surface area contributed by atoms with Crippen LogP contribution in [0.15, 0.2) is 83.0 Å². The van der Waals surface area contributed by atoms with Crippen molar-refractivity contribution in [2.75, 3.05) is 13.6 Å². The quantitative estimate of drug-likeness (QED) is 0.112. The number of benzene rings is 2. The summed E-state index contributed by atoms with van der Waals surface area (Å²) < 4.78 is 11.1. The Balaban J connectivity index is 1.80. The van der Waals surface area contributed by atoms with Gasteiger partial charge in [0.25, 0.3) is 5.69 Å². The van der Waals surface area contributed by atoms with Crippen molar-refractivity contribution in [3.05, 3.63) is 106 Å². The molecule has 0 amide bonds. The van der Waals surface area contributed by atoms with E-state index in [0.717, 1.165) is 5.56 Å². The van der Waals surface area contributed by atoms with Gasteiger partial charge in [-0.05, 0) is 43.3 Å². The molecule has 0 fully saturated rings. The Morgan fingerprint density at radius 1 is 1.12 bits per heavy atom. The SMILES string of the molecule is CC(=O)/C(=C\c1cccc([N+](=O)[O-])c1)C(=O)OC(CN(C)Cc1ccccc1)c1ccco1. The molecule has 0 aliphatic carbocycles. The van der Waals surface area contributed by atoms with Gasteiger partial charge in [-0.2, -0.15) is 0 Å². The lowest BCUT2D eigenvalue weighted by molar-refractivity contribution is -0.384. The lowest BCUT2D eigenvalue weighted by atomic mass is 10.1. The largest absolute Gasteiger partial charge is 0.465 e. The lowest BCUT2D eigenvalue weighted by Crippen LogP contribution is -2.28. The Morgan fingerprint density at radius 3 is 2.52 bits per heavy atom. The van der Waals surface area contributed by atoms with Crippen molar-refractivity contribution >= 4 is 23.5 Å². The predicted molar refractivity (Wildman–Crippen MR) is 122 cm³/mol. The van der Waals surface area contributed by atoms with Crippen LogP contribution in [0, 0.1) is 10.1 Å². The molecule has 170 valence electrons. The monoisotopic (exact) mass is 448 g/mol. The second kappa shape index (κ2) is 11.0. The van der Waals surface area contributed by atoms with Crippen molar-refractivity contribution in [3.63, 3.8) is 0 Å². The number of furan rings is 1. The summed E-state index contributed by atoms with van der Waals surface area (Å²) in [6.45, 7) is 2.20. The van der Waals surface area contributed by atoms with Crippen LogP contribution in [-0.4, -0.2) is 35.2 Å². The molecule has 3 aromatic rings. The molecule has 3 rings (SSSR count). The Hall–Kier alpha value is -4.04. The number of esters is 1. The molecule has 0 aliphatic rings. The first-order valence-corrected chi connectivity index (χ1v) is 10.3. The number of nitro groups is 1. The van der Waals surface area contributed by atoms with Crippen LogP contribution in [0.3, 0.4) is 0 Å². The third-order valence-corrected chi connectivity index (χ3v) is 4.87. The number of ketones is 1. The van der Waals surface area contributed by atoms with E-state index in [9.17, 15) is 19.7 Å². The van der Waals surface area contributed by atoms with Crippen LogP contribution in [0.2, 0.25) is 0 Å². The summed E-state index contributed by atoms with van der Waals surface area (Å²) in [5.41, 5.74) is 1.09. The number of likely N-dealkylation sites (N-methyl/N-ethyl adjacent to an activating group) is 1. The van der Waals surface area contributed by atoms with E-state index in [1.165, 1.54) is 37.5 Å². The van der Waals surface area contributed by atoms with Crippen molar-refractivity contribution in [2.45, 2.75) is 19.6 Å². The van der Waals surface area contributed by atoms with Crippen molar-refractivity contribution in [1.29, 1.82) is 0 Å². The second-order valence-electron chi connectivity index (χ2n) is 7.56. The highest BCUT2D eigenvalue weighted by Crippen LogP contribution is 2.23. The summed E-state index contributed by atoms with van der Waals surface area (Å²) in [5.74, 6) is -0.896. The minimum atomic E-state index is -0.830. The summed E-state index contributed by atoms with van der Waals surface area (Å²) >= 11 is 0. The molecule has 33 heavy (non-hydrogen) atoms. The maximum atomic E-state index is 12.9. The number of rotatable bonds is 10. The molecule has 2 aromatic carbocycles. The second-order valence-corrected chi connectivity index (χ2v) is 7.56. The highest BCUT2D eigenvalue weighted by Gasteiger charge is 2.25. The van der Waals surface area contributed by atoms with Gasteiger partial charge in [0.2, 0.25) is 0 Å². The first-order chi connectivity index (χ1) is 15.8. The molecule has 0 aliphatic heterocycles. The number of Topliss-reactive ketones (excluding diaryl/α,β-unsaturated/α-hetero) is 1. The van der Waals surface area contributed by atoms with Gasteiger partial charge in [0, 0.05) is 25.2 Å². The van der Waals surface area contributed by atoms with E-state index in [0.29, 0.717) is 24.4 Å². The molecule has 8 heteroatoms. The zero-order valence-corrected chi connectivity index (χ0v) is 18.3. The molecular weight excluding hydrogens is 424 g/mol. The van der Waals surface area contributed by atoms with Gasteiger partial charge in [-0.25, -0.2) is 4.79 Å². The maximum absolute atomic E-state index is 12.9. The summed E-state index contributed by atoms with van der Waals surface area (Å²) in [4.78, 5) is 37.6. The molecule has 1 unspecified atom stereocenters. The van der Waals surface area contributed by atoms with Crippen molar-refractivity contribution < 1.29 is 23.7 Å². The van der Waals surface area contributed by atoms with Crippen LogP contribution >= 0.6 is 0 Å². The summed E-state index contributed by atoms with van der Waals surface area (Å²) in [7, 11) is 1.89. The Bertz CT molecular complexity index is 1140. The zero-order chi connectivity index (χ0) is 23.8. The fourth-order valence-corrected chi connectivity index (χ4v) is 3.29. The van der Waals surface area contributed by atoms with Gasteiger partial charge in [0.1, 0.15) is 11.3 Å². The number of carbonyl (C=O) groups excluding carboxylic acids is 2. The van der Waals surface area contributed by atoms with Gasteiger partial charge in [-0.15, -0.1) is 0 Å². The predicted octanol–water partition coefficient (Wildman–Crippen LogP) is 4.58. The first-order valence-electron chi connectivity index (χ1n) is 10.3. The van der Waals surface area contributed by atoms with Crippen molar-refractivity contribution in [2.24, 2.45) is 0 Å². The van der Waals surface area contributed by atoms with E-state index >= 15 is 0 Å². The smallest absolute Gasteiger partial charge is 0.342 e. The van der Waals surface area contributed by atoms with E-state index in [-0.39, 0.29) is 11.3 Å². The Kier molecular flexibility index (Phi) is 7.88. The number of nitrogens with zero attached hydrogens (tertiary/aromatic N) is 2. The third-order valence-electron chi connectivity index (χ3n) is 4.87. The molecular formula is C25H24N2O6. The van der Waals surface area contributed by atoms with E-state index in [1.54, 1.807) is 18.2 Å². The molecule has 0 saturated carbocycles. The van der Waals surface area contributed by atoms with E-state index in [4.69, 9.17) is 9.15 Å². The molecule has 0 radical (unpaired) electrons. The molecule has 8 nitrogen and oxygen atoms in total. The fraction of sp³-hybridized carbons (Fsp3) is 0.200. The number of ether oxygens (including phenoxy) is 1. The van der Waals surface area contributed by atoms with Crippen molar-refractivity contribution in [3.8, 4) is 0 Å². The molecule has 0 saturated heterocycles. The zero-order valence-electron chi connectivity index (χ0n) is 18.3. The third kappa shape index (κ3) is 6.72. The van der Waals surface area contributed by atoms with Crippen molar-refractivity contribution in [1.82, 2.24) is 4.90 Å². The van der Waals surface area contributed by atoms with Crippen LogP contribution in [0.1, 0.15) is 29.9 Å². The van der Waals surface area contributed by atoms with Gasteiger partial charge < -0.3 is 9.15 Å².